The number of carbonyl (C=O) groups is 2. The van der Waals surface area contributed by atoms with Gasteiger partial charge in [0.15, 0.2) is 0 Å². The summed E-state index contributed by atoms with van der Waals surface area (Å²) in [7, 11) is 0. The van der Waals surface area contributed by atoms with Crippen LogP contribution in [0.1, 0.15) is 58.6 Å². The lowest BCUT2D eigenvalue weighted by Gasteiger charge is -2.45. The third-order valence-corrected chi connectivity index (χ3v) is 8.04. The van der Waals surface area contributed by atoms with Crippen LogP contribution in [0.3, 0.4) is 0 Å². The zero-order valence-electron chi connectivity index (χ0n) is 19.9. The number of hydrogen-bond acceptors (Lipinski definition) is 4. The highest BCUT2D eigenvalue weighted by Crippen LogP contribution is 2.49. The zero-order valence-corrected chi connectivity index (χ0v) is 19.9. The van der Waals surface area contributed by atoms with Gasteiger partial charge in [-0.15, -0.1) is 0 Å². The molecule has 4 aliphatic rings. The van der Waals surface area contributed by atoms with Crippen LogP contribution in [0.5, 0.6) is 0 Å². The van der Waals surface area contributed by atoms with Gasteiger partial charge in [0.1, 0.15) is 11.9 Å². The van der Waals surface area contributed by atoms with Crippen LogP contribution in [0.2, 0.25) is 0 Å². The average Bonchev–Trinajstić information content (AvgIpc) is 3.09. The first-order chi connectivity index (χ1) is 15.6. The summed E-state index contributed by atoms with van der Waals surface area (Å²) in [6, 6.07) is 8.50. The van der Waals surface area contributed by atoms with Gasteiger partial charge in [0, 0.05) is 31.1 Å². The van der Waals surface area contributed by atoms with Crippen LogP contribution in [0.15, 0.2) is 24.3 Å². The first kappa shape index (κ1) is 22.3. The number of piperazine rings is 1. The van der Waals surface area contributed by atoms with E-state index in [-0.39, 0.29) is 59.2 Å². The van der Waals surface area contributed by atoms with Crippen LogP contribution < -0.4 is 0 Å². The number of nitriles is 1. The number of rotatable bonds is 5. The largest absolute Gasteiger partial charge is 0.329 e. The van der Waals surface area contributed by atoms with Crippen LogP contribution >= 0.6 is 0 Å². The summed E-state index contributed by atoms with van der Waals surface area (Å²) < 4.78 is 13.5. The minimum atomic E-state index is -0.292. The molecule has 0 spiro atoms. The van der Waals surface area contributed by atoms with Gasteiger partial charge in [-0.25, -0.2) is 4.39 Å². The Kier molecular flexibility index (Phi) is 5.28. The molecule has 1 saturated carbocycles. The molecule has 176 valence electrons. The molecular formula is C26H33FN4O2. The van der Waals surface area contributed by atoms with E-state index in [0.717, 1.165) is 31.4 Å². The smallest absolute Gasteiger partial charge is 0.240 e. The molecule has 1 aromatic rings. The van der Waals surface area contributed by atoms with Gasteiger partial charge in [-0.2, -0.15) is 5.26 Å². The quantitative estimate of drug-likeness (QED) is 0.687. The fourth-order valence-corrected chi connectivity index (χ4v) is 6.53. The minimum absolute atomic E-state index is 0.0532. The fourth-order valence-electron chi connectivity index (χ4n) is 6.53. The van der Waals surface area contributed by atoms with Crippen LogP contribution in [0, 0.1) is 34.4 Å². The number of nitrogens with zero attached hydrogens (tertiary/aromatic N) is 4. The van der Waals surface area contributed by atoms with Crippen molar-refractivity contribution in [1.82, 2.24) is 14.7 Å². The summed E-state index contributed by atoms with van der Waals surface area (Å²) in [6.07, 6.45) is 2.60. The molecule has 0 N–H and O–H groups in total. The Labute approximate surface area is 195 Å². The number of fused-ring (bicyclic) bond motifs is 3. The van der Waals surface area contributed by atoms with E-state index in [4.69, 9.17) is 0 Å². The van der Waals surface area contributed by atoms with Gasteiger partial charge in [0.25, 0.3) is 0 Å². The van der Waals surface area contributed by atoms with Gasteiger partial charge < -0.3 is 9.80 Å². The normalized spacial score (nSPS) is 32.6. The molecule has 3 saturated heterocycles. The van der Waals surface area contributed by atoms with Crippen LogP contribution in [-0.4, -0.2) is 63.8 Å². The molecule has 1 aromatic carbocycles. The van der Waals surface area contributed by atoms with Gasteiger partial charge >= 0.3 is 0 Å². The lowest BCUT2D eigenvalue weighted by atomic mass is 9.80. The Morgan fingerprint density at radius 2 is 1.91 bits per heavy atom. The van der Waals surface area contributed by atoms with E-state index >= 15 is 0 Å². The number of halogens is 1. The second kappa shape index (κ2) is 7.80. The van der Waals surface area contributed by atoms with Crippen molar-refractivity contribution in [2.24, 2.45) is 17.3 Å². The van der Waals surface area contributed by atoms with E-state index in [0.29, 0.717) is 12.5 Å². The molecule has 2 amide bonds. The molecule has 3 heterocycles. The predicted octanol–water partition coefficient (Wildman–Crippen LogP) is 3.35. The molecule has 3 aliphatic heterocycles. The van der Waals surface area contributed by atoms with Crippen LogP contribution in [-0.2, 0) is 9.59 Å². The number of piperidine rings is 1. The minimum Gasteiger partial charge on any atom is -0.329 e. The van der Waals surface area contributed by atoms with E-state index < -0.39 is 0 Å². The van der Waals surface area contributed by atoms with Crippen molar-refractivity contribution in [2.45, 2.75) is 77.2 Å². The summed E-state index contributed by atoms with van der Waals surface area (Å²) in [5.74, 6) is 0.145. The molecular weight excluding hydrogens is 419 g/mol. The average molecular weight is 453 g/mol. The Morgan fingerprint density at radius 1 is 1.21 bits per heavy atom. The highest BCUT2D eigenvalue weighted by Gasteiger charge is 2.56. The number of benzene rings is 1. The molecule has 1 aliphatic carbocycles. The molecule has 33 heavy (non-hydrogen) atoms. The SMILES string of the molecule is C[C@@H](CN1C[C@H]2C[C@@H]1C(=O)N2[C@@H](c1ccc(F)cc1)C(C)(C)C)C(=O)N1C2C[C@H]2C[C@H]1C#N. The predicted molar refractivity (Wildman–Crippen MR) is 121 cm³/mol. The molecule has 6 nitrogen and oxygen atoms in total. The molecule has 1 unspecified atom stereocenters. The summed E-state index contributed by atoms with van der Waals surface area (Å²) in [5, 5.41) is 9.44. The van der Waals surface area contributed by atoms with Gasteiger partial charge in [0.2, 0.25) is 11.8 Å². The Hall–Kier alpha value is -2.46. The van der Waals surface area contributed by atoms with Gasteiger partial charge in [-0.05, 0) is 48.3 Å². The van der Waals surface area contributed by atoms with Gasteiger partial charge in [-0.3, -0.25) is 14.5 Å². The van der Waals surface area contributed by atoms with E-state index in [1.54, 1.807) is 12.1 Å². The summed E-state index contributed by atoms with van der Waals surface area (Å²) >= 11 is 0. The number of carbonyl (C=O) groups excluding carboxylic acids is 2. The summed E-state index contributed by atoms with van der Waals surface area (Å²) in [4.78, 5) is 32.7. The Morgan fingerprint density at radius 3 is 2.52 bits per heavy atom. The topological polar surface area (TPSA) is 67.7 Å². The molecule has 7 atom stereocenters. The van der Waals surface area contributed by atoms with Crippen molar-refractivity contribution in [2.75, 3.05) is 13.1 Å². The summed E-state index contributed by atoms with van der Waals surface area (Å²) in [6.45, 7) is 9.57. The molecule has 5 rings (SSSR count). The monoisotopic (exact) mass is 452 g/mol. The second-order valence-electron chi connectivity index (χ2n) is 11.5. The van der Waals surface area contributed by atoms with Crippen molar-refractivity contribution in [1.29, 1.82) is 5.26 Å². The van der Waals surface area contributed by atoms with Crippen molar-refractivity contribution < 1.29 is 14.0 Å². The van der Waals surface area contributed by atoms with E-state index in [9.17, 15) is 19.2 Å². The first-order valence-electron chi connectivity index (χ1n) is 12.1. The second-order valence-corrected chi connectivity index (χ2v) is 11.5. The standard InChI is InChI=1S/C26H33FN4O2/c1-15(24(32)30-19(12-28)9-17-10-21(17)30)13-29-14-20-11-22(29)25(33)31(20)23(26(2,3)4)16-5-7-18(27)8-6-16/h5-8,15,17,19-23H,9-11,13-14H2,1-4H3/t15-,17+,19-,20+,21?,22+,23-/m0/s1. The molecule has 2 bridgehead atoms. The summed E-state index contributed by atoms with van der Waals surface area (Å²) in [5.41, 5.74) is 0.755. The molecule has 4 fully saturated rings. The molecule has 0 radical (unpaired) electrons. The van der Waals surface area contributed by atoms with Gasteiger partial charge in [-0.1, -0.05) is 39.8 Å². The zero-order chi connectivity index (χ0) is 23.7. The fraction of sp³-hybridized carbons (Fsp3) is 0.654. The van der Waals surface area contributed by atoms with Crippen molar-refractivity contribution in [3.63, 3.8) is 0 Å². The third-order valence-electron chi connectivity index (χ3n) is 8.04. The highest BCUT2D eigenvalue weighted by atomic mass is 19.1. The highest BCUT2D eigenvalue weighted by molar-refractivity contribution is 5.87. The number of likely N-dealkylation sites (tertiary alicyclic amines) is 3. The number of hydrogen-bond donors (Lipinski definition) is 0. The van der Waals surface area contributed by atoms with Crippen molar-refractivity contribution >= 4 is 11.8 Å². The van der Waals surface area contributed by atoms with E-state index in [1.165, 1.54) is 12.1 Å². The van der Waals surface area contributed by atoms with Crippen molar-refractivity contribution in [3.8, 4) is 6.07 Å². The lowest BCUT2D eigenvalue weighted by molar-refractivity contribution is -0.144. The van der Waals surface area contributed by atoms with Crippen LogP contribution in [0.4, 0.5) is 4.39 Å². The third kappa shape index (κ3) is 3.73. The van der Waals surface area contributed by atoms with Crippen molar-refractivity contribution in [3.05, 3.63) is 35.6 Å². The Balaban J connectivity index is 1.29. The maximum Gasteiger partial charge on any atom is 0.240 e. The first-order valence-corrected chi connectivity index (χ1v) is 12.1. The van der Waals surface area contributed by atoms with Gasteiger partial charge in [0.05, 0.1) is 18.2 Å². The number of amides is 2. The Bertz CT molecular complexity index is 997. The maximum atomic E-state index is 13.5. The van der Waals surface area contributed by atoms with E-state index in [2.05, 4.69) is 31.7 Å². The lowest BCUT2D eigenvalue weighted by Crippen LogP contribution is -2.55. The van der Waals surface area contributed by atoms with Crippen LogP contribution in [0.25, 0.3) is 0 Å². The molecule has 7 heteroatoms. The molecule has 0 aromatic heterocycles. The maximum absolute atomic E-state index is 13.5. The van der Waals surface area contributed by atoms with E-state index in [1.807, 2.05) is 16.7 Å².